The molecule has 7 nitrogen and oxygen atoms in total. The highest BCUT2D eigenvalue weighted by atomic mass is 32.2. The van der Waals surface area contributed by atoms with Gasteiger partial charge in [0.15, 0.2) is 0 Å². The fraction of sp³-hybridized carbons (Fsp3) is 0.367. The lowest BCUT2D eigenvalue weighted by Gasteiger charge is -2.30. The number of carbonyl (C=O) groups excluding carboxylic acids is 1. The van der Waals surface area contributed by atoms with Crippen LogP contribution in [0.15, 0.2) is 77.7 Å². The van der Waals surface area contributed by atoms with Gasteiger partial charge in [0.25, 0.3) is 0 Å². The Morgan fingerprint density at radius 1 is 1.00 bits per heavy atom. The van der Waals surface area contributed by atoms with Crippen molar-refractivity contribution in [3.8, 4) is 5.75 Å². The molecule has 3 aromatic rings. The lowest BCUT2D eigenvalue weighted by Crippen LogP contribution is -2.36. The number of hydrogen-bond acceptors (Lipinski definition) is 5. The molecule has 0 saturated carbocycles. The molecule has 2 heterocycles. The van der Waals surface area contributed by atoms with Crippen molar-refractivity contribution in [1.29, 1.82) is 0 Å². The Hall–Kier alpha value is -3.41. The average molecular weight is 588 g/mol. The van der Waals surface area contributed by atoms with Crippen LogP contribution in [0.3, 0.4) is 0 Å². The molecule has 1 amide bonds. The molecule has 0 aliphatic carbocycles. The van der Waals surface area contributed by atoms with Gasteiger partial charge in [0.05, 0.1) is 29.1 Å². The highest BCUT2D eigenvalue weighted by Gasteiger charge is 2.33. The Balaban J connectivity index is 1.33. The molecular formula is C30H32F3N3O4S. The Morgan fingerprint density at radius 3 is 2.54 bits per heavy atom. The first-order chi connectivity index (χ1) is 19.6. The zero-order valence-electron chi connectivity index (χ0n) is 22.3. The first-order valence-electron chi connectivity index (χ1n) is 13.6. The summed E-state index contributed by atoms with van der Waals surface area (Å²) < 4.78 is 74.3. The van der Waals surface area contributed by atoms with Crippen LogP contribution in [0.25, 0.3) is 0 Å². The van der Waals surface area contributed by atoms with Gasteiger partial charge in [-0.2, -0.15) is 13.2 Å². The van der Waals surface area contributed by atoms with Gasteiger partial charge in [-0.1, -0.05) is 55.0 Å². The van der Waals surface area contributed by atoms with E-state index < -0.39 is 38.6 Å². The molecule has 3 aromatic carbocycles. The normalized spacial score (nSPS) is 20.0. The maximum atomic E-state index is 13.3. The van der Waals surface area contributed by atoms with Gasteiger partial charge >= 0.3 is 6.18 Å². The van der Waals surface area contributed by atoms with Crippen molar-refractivity contribution in [2.24, 2.45) is 0 Å². The van der Waals surface area contributed by atoms with Gasteiger partial charge in [-0.05, 0) is 54.8 Å². The number of piperidine rings is 1. The number of sulfonamides is 1. The van der Waals surface area contributed by atoms with Crippen molar-refractivity contribution in [3.05, 3.63) is 95.1 Å². The Bertz CT molecular complexity index is 1480. The van der Waals surface area contributed by atoms with E-state index in [0.717, 1.165) is 60.9 Å². The molecule has 218 valence electrons. The number of nitrogens with one attached hydrogen (secondary N) is 3. The maximum absolute atomic E-state index is 13.3. The first kappa shape index (κ1) is 29.1. The second kappa shape index (κ2) is 12.2. The molecule has 2 aliphatic heterocycles. The topological polar surface area (TPSA) is 96.5 Å². The zero-order valence-corrected chi connectivity index (χ0v) is 23.1. The molecule has 0 aromatic heterocycles. The van der Waals surface area contributed by atoms with E-state index in [2.05, 4.69) is 15.4 Å². The van der Waals surface area contributed by atoms with Crippen LogP contribution < -0.4 is 20.1 Å². The van der Waals surface area contributed by atoms with E-state index in [9.17, 15) is 26.4 Å². The van der Waals surface area contributed by atoms with E-state index >= 15 is 0 Å². The molecule has 41 heavy (non-hydrogen) atoms. The minimum atomic E-state index is -4.70. The van der Waals surface area contributed by atoms with E-state index in [1.54, 1.807) is 30.3 Å². The fourth-order valence-electron chi connectivity index (χ4n) is 5.36. The Labute approximate surface area is 237 Å². The highest BCUT2D eigenvalue weighted by molar-refractivity contribution is 7.89. The predicted molar refractivity (Wildman–Crippen MR) is 148 cm³/mol. The van der Waals surface area contributed by atoms with Gasteiger partial charge in [-0.25, -0.2) is 13.1 Å². The molecule has 3 atom stereocenters. The monoisotopic (exact) mass is 587 g/mol. The first-order valence-corrected chi connectivity index (χ1v) is 15.1. The average Bonchev–Trinajstić information content (AvgIpc) is 2.97. The predicted octanol–water partition coefficient (Wildman–Crippen LogP) is 5.57. The summed E-state index contributed by atoms with van der Waals surface area (Å²) in [5.41, 5.74) is 1.43. The molecule has 1 fully saturated rings. The number of rotatable bonds is 8. The lowest BCUT2D eigenvalue weighted by molar-refractivity contribution is -0.137. The minimum absolute atomic E-state index is 0.251. The molecule has 5 rings (SSSR count). The van der Waals surface area contributed by atoms with E-state index in [1.165, 1.54) is 0 Å². The summed E-state index contributed by atoms with van der Waals surface area (Å²) in [4.78, 5) is 12.7. The smallest absolute Gasteiger partial charge is 0.416 e. The number of ether oxygens (including phenoxy) is 1. The summed E-state index contributed by atoms with van der Waals surface area (Å²) in [6.07, 6.45) is -1.03. The van der Waals surface area contributed by atoms with Gasteiger partial charge in [0, 0.05) is 24.4 Å². The molecule has 11 heteroatoms. The summed E-state index contributed by atoms with van der Waals surface area (Å²) in [5, 5.41) is 6.54. The van der Waals surface area contributed by atoms with Gasteiger partial charge < -0.3 is 15.4 Å². The third-order valence-corrected chi connectivity index (χ3v) is 8.95. The van der Waals surface area contributed by atoms with Crippen molar-refractivity contribution < 1.29 is 31.1 Å². The summed E-state index contributed by atoms with van der Waals surface area (Å²) >= 11 is 0. The van der Waals surface area contributed by atoms with E-state index in [1.807, 2.05) is 18.2 Å². The Kier molecular flexibility index (Phi) is 8.67. The molecule has 0 bridgehead atoms. The van der Waals surface area contributed by atoms with Crippen LogP contribution in [0.5, 0.6) is 5.75 Å². The van der Waals surface area contributed by atoms with Crippen LogP contribution in [-0.4, -0.2) is 27.5 Å². The van der Waals surface area contributed by atoms with Crippen molar-refractivity contribution >= 4 is 15.9 Å². The number of carbonyl (C=O) groups is 1. The molecule has 2 aliphatic rings. The van der Waals surface area contributed by atoms with Gasteiger partial charge in [0.2, 0.25) is 15.9 Å². The fourth-order valence-corrected chi connectivity index (χ4v) is 6.63. The summed E-state index contributed by atoms with van der Waals surface area (Å²) in [6.45, 7) is 1.39. The summed E-state index contributed by atoms with van der Waals surface area (Å²) in [7, 11) is -4.39. The van der Waals surface area contributed by atoms with Crippen molar-refractivity contribution in [3.63, 3.8) is 0 Å². The standard InChI is InChI=1S/C30H32F3N3O4S/c31-30(32,33)22-9-6-10-23(18-22)41(38,39)36-27(20-7-2-1-3-8-20)19-29(37)35-26-14-16-40-28-17-21(12-13-24(26)28)25-11-4-5-15-34-25/h1-3,6-10,12-13,17-18,25-27,34,36H,4-5,11,14-16,19H2,(H,35,37)/t25?,26?,27-/m1/s1. The highest BCUT2D eigenvalue weighted by Crippen LogP contribution is 2.36. The Morgan fingerprint density at radius 2 is 1.80 bits per heavy atom. The van der Waals surface area contributed by atoms with Crippen LogP contribution in [0, 0.1) is 0 Å². The van der Waals surface area contributed by atoms with Gasteiger partial charge in [-0.3, -0.25) is 4.79 Å². The number of alkyl halides is 3. The van der Waals surface area contributed by atoms with Crippen LogP contribution in [0.2, 0.25) is 0 Å². The molecule has 0 spiro atoms. The quantitative estimate of drug-likeness (QED) is 0.320. The second-order valence-corrected chi connectivity index (χ2v) is 12.1. The van der Waals surface area contributed by atoms with Crippen LogP contribution in [0.1, 0.15) is 72.5 Å². The number of halogens is 3. The number of fused-ring (bicyclic) bond motifs is 1. The van der Waals surface area contributed by atoms with Crippen LogP contribution in [0.4, 0.5) is 13.2 Å². The van der Waals surface area contributed by atoms with Crippen LogP contribution >= 0.6 is 0 Å². The molecular weight excluding hydrogens is 555 g/mol. The van der Waals surface area contributed by atoms with E-state index in [4.69, 9.17) is 4.74 Å². The lowest BCUT2D eigenvalue weighted by atomic mass is 9.93. The third kappa shape index (κ3) is 7.09. The molecule has 3 N–H and O–H groups in total. The van der Waals surface area contributed by atoms with Gasteiger partial charge in [-0.15, -0.1) is 0 Å². The SMILES string of the molecule is O=C(C[C@@H](NS(=O)(=O)c1cccc(C(F)(F)F)c1)c1ccccc1)NC1CCOc2cc(C3CCCCN3)ccc21. The number of benzene rings is 3. The van der Waals surface area contributed by atoms with Crippen molar-refractivity contribution in [1.82, 2.24) is 15.4 Å². The van der Waals surface area contributed by atoms with Crippen LogP contribution in [-0.2, 0) is 21.0 Å². The van der Waals surface area contributed by atoms with Gasteiger partial charge in [0.1, 0.15) is 5.75 Å². The molecule has 2 unspecified atom stereocenters. The zero-order chi connectivity index (χ0) is 29.0. The second-order valence-electron chi connectivity index (χ2n) is 10.4. The molecule has 1 saturated heterocycles. The number of hydrogen-bond donors (Lipinski definition) is 3. The summed E-state index contributed by atoms with van der Waals surface area (Å²) in [5.74, 6) is 0.317. The van der Waals surface area contributed by atoms with E-state index in [0.29, 0.717) is 24.7 Å². The minimum Gasteiger partial charge on any atom is -0.493 e. The maximum Gasteiger partial charge on any atom is 0.416 e. The van der Waals surface area contributed by atoms with Crippen molar-refractivity contribution in [2.45, 2.75) is 61.3 Å². The summed E-state index contributed by atoms with van der Waals surface area (Å²) in [6, 6.07) is 17.0. The molecule has 0 radical (unpaired) electrons. The third-order valence-electron chi connectivity index (χ3n) is 7.49. The van der Waals surface area contributed by atoms with E-state index in [-0.39, 0.29) is 18.5 Å². The largest absolute Gasteiger partial charge is 0.493 e. The number of amides is 1. The van der Waals surface area contributed by atoms with Crippen molar-refractivity contribution in [2.75, 3.05) is 13.2 Å².